The lowest BCUT2D eigenvalue weighted by molar-refractivity contribution is -0.118. The van der Waals surface area contributed by atoms with Crippen LogP contribution in [0.2, 0.25) is 0 Å². The number of hydrogen-bond acceptors (Lipinski definition) is 4. The summed E-state index contributed by atoms with van der Waals surface area (Å²) in [6.45, 7) is 3.61. The highest BCUT2D eigenvalue weighted by Crippen LogP contribution is 2.12. The maximum Gasteiger partial charge on any atom is 0.216 e. The minimum atomic E-state index is 0.00190. The van der Waals surface area contributed by atoms with Gasteiger partial charge in [-0.25, -0.2) is 0 Å². The molecular weight excluding hydrogens is 224 g/mol. The van der Waals surface area contributed by atoms with E-state index in [1.165, 1.54) is 6.92 Å². The molecule has 4 nitrogen and oxygen atoms in total. The minimum Gasteiger partial charge on any atom is -0.464 e. The quantitative estimate of drug-likeness (QED) is 0.709. The molecule has 0 aliphatic carbocycles. The monoisotopic (exact) mass is 242 g/mol. The summed E-state index contributed by atoms with van der Waals surface area (Å²) in [7, 11) is 0. The number of carbonyl (C=O) groups excluding carboxylic acids is 1. The average Bonchev–Trinajstić information content (AvgIpc) is 2.65. The van der Waals surface area contributed by atoms with E-state index in [2.05, 4.69) is 10.6 Å². The molecule has 0 fully saturated rings. The van der Waals surface area contributed by atoms with Crippen molar-refractivity contribution in [3.63, 3.8) is 0 Å². The zero-order chi connectivity index (χ0) is 11.8. The minimum absolute atomic E-state index is 0.00190. The van der Waals surface area contributed by atoms with Gasteiger partial charge in [0, 0.05) is 20.0 Å². The molecule has 0 saturated carbocycles. The number of rotatable bonds is 7. The van der Waals surface area contributed by atoms with Crippen LogP contribution in [0, 0.1) is 0 Å². The molecule has 1 aromatic heterocycles. The maximum atomic E-state index is 10.6. The van der Waals surface area contributed by atoms with Crippen LogP contribution in [0.5, 0.6) is 0 Å². The van der Waals surface area contributed by atoms with Crippen molar-refractivity contribution in [2.24, 2.45) is 0 Å². The van der Waals surface area contributed by atoms with Crippen LogP contribution in [-0.4, -0.2) is 25.3 Å². The lowest BCUT2D eigenvalue weighted by Gasteiger charge is -2.03. The Labute approximate surface area is 100 Å². The molecule has 1 aromatic rings. The maximum absolute atomic E-state index is 10.6. The van der Waals surface area contributed by atoms with Crippen molar-refractivity contribution in [3.05, 3.63) is 23.7 Å². The fourth-order valence-corrected chi connectivity index (χ4v) is 1.72. The van der Waals surface area contributed by atoms with Gasteiger partial charge in [0.2, 0.25) is 5.91 Å². The first-order valence-electron chi connectivity index (χ1n) is 5.24. The third kappa shape index (κ3) is 5.23. The SMILES string of the molecule is CSCc1ccc(CNCCNC(C)=O)o1. The van der Waals surface area contributed by atoms with E-state index in [4.69, 9.17) is 4.42 Å². The van der Waals surface area contributed by atoms with Gasteiger partial charge in [-0.2, -0.15) is 11.8 Å². The third-order valence-electron chi connectivity index (χ3n) is 1.98. The van der Waals surface area contributed by atoms with Gasteiger partial charge in [-0.3, -0.25) is 4.79 Å². The first-order valence-corrected chi connectivity index (χ1v) is 6.63. The number of hydrogen-bond donors (Lipinski definition) is 2. The Bertz CT molecular complexity index is 326. The Morgan fingerprint density at radius 3 is 2.81 bits per heavy atom. The lowest BCUT2D eigenvalue weighted by Crippen LogP contribution is -2.29. The van der Waals surface area contributed by atoms with Crippen LogP contribution in [0.3, 0.4) is 0 Å². The summed E-state index contributed by atoms with van der Waals surface area (Å²) in [5.41, 5.74) is 0. The first kappa shape index (κ1) is 13.1. The molecule has 0 spiro atoms. The summed E-state index contributed by atoms with van der Waals surface area (Å²) in [5, 5.41) is 5.92. The molecule has 1 rings (SSSR count). The lowest BCUT2D eigenvalue weighted by atomic mass is 10.4. The van der Waals surface area contributed by atoms with E-state index in [-0.39, 0.29) is 5.91 Å². The van der Waals surface area contributed by atoms with Gasteiger partial charge in [-0.05, 0) is 18.4 Å². The molecule has 16 heavy (non-hydrogen) atoms. The Kier molecular flexibility index (Phi) is 6.03. The van der Waals surface area contributed by atoms with Gasteiger partial charge in [-0.15, -0.1) is 0 Å². The van der Waals surface area contributed by atoms with Crippen molar-refractivity contribution in [1.82, 2.24) is 10.6 Å². The van der Waals surface area contributed by atoms with Crippen molar-refractivity contribution in [2.45, 2.75) is 19.2 Å². The van der Waals surface area contributed by atoms with Crippen molar-refractivity contribution in [2.75, 3.05) is 19.3 Å². The van der Waals surface area contributed by atoms with Gasteiger partial charge in [0.1, 0.15) is 11.5 Å². The van der Waals surface area contributed by atoms with Crippen LogP contribution in [-0.2, 0) is 17.1 Å². The van der Waals surface area contributed by atoms with Crippen molar-refractivity contribution in [3.8, 4) is 0 Å². The van der Waals surface area contributed by atoms with Gasteiger partial charge in [-0.1, -0.05) is 0 Å². The second-order valence-electron chi connectivity index (χ2n) is 3.46. The van der Waals surface area contributed by atoms with E-state index >= 15 is 0 Å². The molecule has 90 valence electrons. The van der Waals surface area contributed by atoms with Gasteiger partial charge in [0.15, 0.2) is 0 Å². The van der Waals surface area contributed by atoms with E-state index in [9.17, 15) is 4.79 Å². The van der Waals surface area contributed by atoms with E-state index < -0.39 is 0 Å². The first-order chi connectivity index (χ1) is 7.72. The van der Waals surface area contributed by atoms with E-state index in [1.807, 2.05) is 18.4 Å². The van der Waals surface area contributed by atoms with Crippen LogP contribution >= 0.6 is 11.8 Å². The van der Waals surface area contributed by atoms with Crippen LogP contribution in [0.25, 0.3) is 0 Å². The molecular formula is C11H18N2O2S. The number of amides is 1. The largest absolute Gasteiger partial charge is 0.464 e. The van der Waals surface area contributed by atoms with E-state index in [1.54, 1.807) is 11.8 Å². The normalized spacial score (nSPS) is 10.4. The summed E-state index contributed by atoms with van der Waals surface area (Å²) < 4.78 is 5.58. The average molecular weight is 242 g/mol. The fourth-order valence-electron chi connectivity index (χ4n) is 1.28. The zero-order valence-electron chi connectivity index (χ0n) is 9.71. The molecule has 0 bridgehead atoms. The van der Waals surface area contributed by atoms with Crippen LogP contribution in [0.15, 0.2) is 16.5 Å². The van der Waals surface area contributed by atoms with E-state index in [0.29, 0.717) is 13.1 Å². The Morgan fingerprint density at radius 1 is 1.38 bits per heavy atom. The summed E-state index contributed by atoms with van der Waals surface area (Å²) in [4.78, 5) is 10.6. The van der Waals surface area contributed by atoms with Gasteiger partial charge in [0.25, 0.3) is 0 Å². The number of carbonyl (C=O) groups is 1. The molecule has 2 N–H and O–H groups in total. The van der Waals surface area contributed by atoms with Crippen LogP contribution in [0.1, 0.15) is 18.4 Å². The van der Waals surface area contributed by atoms with E-state index in [0.717, 1.165) is 23.8 Å². The molecule has 5 heteroatoms. The molecule has 0 aromatic carbocycles. The molecule has 0 atom stereocenters. The highest BCUT2D eigenvalue weighted by molar-refractivity contribution is 7.97. The number of thioether (sulfide) groups is 1. The summed E-state index contributed by atoms with van der Waals surface area (Å²) in [6.07, 6.45) is 2.05. The smallest absolute Gasteiger partial charge is 0.216 e. The standard InChI is InChI=1S/C11H18N2O2S/c1-9(14)13-6-5-12-7-10-3-4-11(15-10)8-16-2/h3-4,12H,5-8H2,1-2H3,(H,13,14). The highest BCUT2D eigenvalue weighted by Gasteiger charge is 2.00. The second-order valence-corrected chi connectivity index (χ2v) is 4.33. The molecule has 0 radical (unpaired) electrons. The predicted octanol–water partition coefficient (Wildman–Crippen LogP) is 1.37. The van der Waals surface area contributed by atoms with Crippen LogP contribution in [0.4, 0.5) is 0 Å². The summed E-state index contributed by atoms with van der Waals surface area (Å²) >= 11 is 1.74. The van der Waals surface area contributed by atoms with Crippen molar-refractivity contribution < 1.29 is 9.21 Å². The molecule has 0 unspecified atom stereocenters. The van der Waals surface area contributed by atoms with Crippen molar-refractivity contribution in [1.29, 1.82) is 0 Å². The highest BCUT2D eigenvalue weighted by atomic mass is 32.2. The molecule has 0 saturated heterocycles. The summed E-state index contributed by atoms with van der Waals surface area (Å²) in [5.74, 6) is 2.85. The van der Waals surface area contributed by atoms with Gasteiger partial charge in [0.05, 0.1) is 12.3 Å². The molecule has 1 heterocycles. The fraction of sp³-hybridized carbons (Fsp3) is 0.545. The predicted molar refractivity (Wildman–Crippen MR) is 66.3 cm³/mol. The summed E-state index contributed by atoms with van der Waals surface area (Å²) in [6, 6.07) is 3.98. The topological polar surface area (TPSA) is 54.3 Å². The van der Waals surface area contributed by atoms with Crippen LogP contribution < -0.4 is 10.6 Å². The molecule has 0 aliphatic heterocycles. The Balaban J connectivity index is 2.14. The molecule has 1 amide bonds. The molecule has 0 aliphatic rings. The van der Waals surface area contributed by atoms with Gasteiger partial charge >= 0.3 is 0 Å². The van der Waals surface area contributed by atoms with Crippen molar-refractivity contribution >= 4 is 17.7 Å². The number of nitrogens with one attached hydrogen (secondary N) is 2. The third-order valence-corrected chi connectivity index (χ3v) is 2.55. The second kappa shape index (κ2) is 7.35. The number of furan rings is 1. The Hall–Kier alpha value is -0.940. The van der Waals surface area contributed by atoms with Gasteiger partial charge < -0.3 is 15.1 Å². The zero-order valence-corrected chi connectivity index (χ0v) is 10.5. The Morgan fingerprint density at radius 2 is 2.12 bits per heavy atom.